The van der Waals surface area contributed by atoms with E-state index >= 15 is 0 Å². The van der Waals surface area contributed by atoms with Crippen LogP contribution in [0.25, 0.3) is 0 Å². The lowest BCUT2D eigenvalue weighted by molar-refractivity contribution is -0.343. The van der Waals surface area contributed by atoms with Gasteiger partial charge in [0.15, 0.2) is 18.4 Å². The molecule has 0 N–H and O–H groups in total. The van der Waals surface area contributed by atoms with Crippen molar-refractivity contribution >= 4 is 0 Å². The molecule has 1 heterocycles. The number of nitroso groups, excluding NO2 is 2. The first-order chi connectivity index (χ1) is 9.66. The zero-order chi connectivity index (χ0) is 15.1. The number of ether oxygens (including phenoxy) is 3. The standard InChI is InChI=1S/C9H11N5O6/c1-17-7-5(12-15)6(13-16)8(18-2)19-9(7)20-14(3-10)4-11/h5-9H,1-2H3. The van der Waals surface area contributed by atoms with Gasteiger partial charge in [-0.15, -0.1) is 0 Å². The van der Waals surface area contributed by atoms with Crippen molar-refractivity contribution in [3.8, 4) is 12.4 Å². The smallest absolute Gasteiger partial charge is 0.221 e. The summed E-state index contributed by atoms with van der Waals surface area (Å²) >= 11 is 0. The molecule has 0 radical (unpaired) electrons. The molecule has 0 aromatic carbocycles. The second-order valence-corrected chi connectivity index (χ2v) is 3.60. The van der Waals surface area contributed by atoms with E-state index in [1.807, 2.05) is 0 Å². The van der Waals surface area contributed by atoms with Crippen LogP contribution < -0.4 is 0 Å². The lowest BCUT2D eigenvalue weighted by atomic mass is 9.99. The minimum absolute atomic E-state index is 0.250. The van der Waals surface area contributed by atoms with Gasteiger partial charge in [-0.1, -0.05) is 15.4 Å². The zero-order valence-corrected chi connectivity index (χ0v) is 10.6. The van der Waals surface area contributed by atoms with Crippen molar-refractivity contribution < 1.29 is 19.0 Å². The van der Waals surface area contributed by atoms with Gasteiger partial charge in [-0.3, -0.25) is 0 Å². The average Bonchev–Trinajstić information content (AvgIpc) is 2.50. The Labute approximate surface area is 113 Å². The van der Waals surface area contributed by atoms with Crippen LogP contribution in [0.5, 0.6) is 0 Å². The third-order valence-corrected chi connectivity index (χ3v) is 2.64. The summed E-state index contributed by atoms with van der Waals surface area (Å²) in [5.41, 5.74) is 0. The molecule has 1 aliphatic heterocycles. The van der Waals surface area contributed by atoms with Crippen LogP contribution in [0.2, 0.25) is 0 Å². The van der Waals surface area contributed by atoms with Crippen LogP contribution in [0.1, 0.15) is 0 Å². The predicted octanol–water partition coefficient (Wildman–Crippen LogP) is -0.204. The van der Waals surface area contributed by atoms with Crippen molar-refractivity contribution in [1.82, 2.24) is 5.06 Å². The summed E-state index contributed by atoms with van der Waals surface area (Å²) in [7, 11) is 2.45. The molecule has 5 atom stereocenters. The molecule has 11 nitrogen and oxygen atoms in total. The molecule has 108 valence electrons. The first-order valence-electron chi connectivity index (χ1n) is 5.29. The van der Waals surface area contributed by atoms with Gasteiger partial charge in [0, 0.05) is 14.2 Å². The van der Waals surface area contributed by atoms with Crippen molar-refractivity contribution in [2.24, 2.45) is 10.4 Å². The van der Waals surface area contributed by atoms with Crippen LogP contribution in [0.3, 0.4) is 0 Å². The summed E-state index contributed by atoms with van der Waals surface area (Å²) in [5, 5.41) is 23.0. The maximum atomic E-state index is 10.9. The maximum absolute atomic E-state index is 10.9. The molecule has 11 heteroatoms. The molecule has 0 spiro atoms. The minimum Gasteiger partial charge on any atom is -0.374 e. The van der Waals surface area contributed by atoms with Gasteiger partial charge in [0.1, 0.15) is 6.10 Å². The molecule has 0 bridgehead atoms. The van der Waals surface area contributed by atoms with Crippen LogP contribution >= 0.6 is 0 Å². The monoisotopic (exact) mass is 285 g/mol. The molecule has 1 rings (SSSR count). The van der Waals surface area contributed by atoms with E-state index in [1.165, 1.54) is 26.6 Å². The lowest BCUT2D eigenvalue weighted by Gasteiger charge is -2.39. The number of nitrogens with zero attached hydrogens (tertiary/aromatic N) is 5. The highest BCUT2D eigenvalue weighted by molar-refractivity contribution is 4.96. The van der Waals surface area contributed by atoms with Crippen LogP contribution in [0.15, 0.2) is 10.4 Å². The third kappa shape index (κ3) is 3.04. The highest BCUT2D eigenvalue weighted by atomic mass is 16.8. The highest BCUT2D eigenvalue weighted by Crippen LogP contribution is 2.28. The summed E-state index contributed by atoms with van der Waals surface area (Å²) in [5.74, 6) is 0. The summed E-state index contributed by atoms with van der Waals surface area (Å²) in [6, 6.07) is -2.49. The van der Waals surface area contributed by atoms with E-state index in [1.54, 1.807) is 0 Å². The fourth-order valence-corrected chi connectivity index (χ4v) is 1.74. The van der Waals surface area contributed by atoms with Gasteiger partial charge in [-0.05, 0) is 0 Å². The molecule has 0 saturated carbocycles. The van der Waals surface area contributed by atoms with E-state index in [9.17, 15) is 9.81 Å². The lowest BCUT2D eigenvalue weighted by Crippen LogP contribution is -2.58. The second-order valence-electron chi connectivity index (χ2n) is 3.60. The van der Waals surface area contributed by atoms with Crippen molar-refractivity contribution in [2.75, 3.05) is 14.2 Å². The molecule has 0 amide bonds. The van der Waals surface area contributed by atoms with Crippen LogP contribution in [-0.2, 0) is 19.0 Å². The van der Waals surface area contributed by atoms with Crippen molar-refractivity contribution in [3.63, 3.8) is 0 Å². The number of nitriles is 2. The van der Waals surface area contributed by atoms with Gasteiger partial charge >= 0.3 is 0 Å². The van der Waals surface area contributed by atoms with Crippen LogP contribution in [0, 0.1) is 32.7 Å². The minimum atomic E-state index is -1.34. The van der Waals surface area contributed by atoms with Crippen molar-refractivity contribution in [1.29, 1.82) is 10.5 Å². The largest absolute Gasteiger partial charge is 0.374 e. The van der Waals surface area contributed by atoms with E-state index in [2.05, 4.69) is 10.4 Å². The molecule has 1 aliphatic rings. The Morgan fingerprint density at radius 2 is 1.65 bits per heavy atom. The molecular formula is C9H11N5O6. The van der Waals surface area contributed by atoms with E-state index in [0.29, 0.717) is 0 Å². The molecule has 0 aromatic rings. The molecule has 1 fully saturated rings. The summed E-state index contributed by atoms with van der Waals surface area (Å²) < 4.78 is 15.0. The summed E-state index contributed by atoms with van der Waals surface area (Å²) in [6.45, 7) is 0. The van der Waals surface area contributed by atoms with Gasteiger partial charge in [0.2, 0.25) is 18.7 Å². The SMILES string of the molecule is COC1OC(ON(C#N)C#N)C(OC)C(N=O)C1N=O. The number of methoxy groups -OCH3 is 2. The van der Waals surface area contributed by atoms with Gasteiger partial charge in [-0.2, -0.15) is 20.3 Å². The second kappa shape index (κ2) is 7.42. The Bertz CT molecular complexity index is 420. The molecule has 0 aromatic heterocycles. The maximum Gasteiger partial charge on any atom is 0.221 e. The third-order valence-electron chi connectivity index (χ3n) is 2.64. The Morgan fingerprint density at radius 1 is 1.05 bits per heavy atom. The number of hydrogen-bond donors (Lipinski definition) is 0. The van der Waals surface area contributed by atoms with E-state index in [-0.39, 0.29) is 5.06 Å². The summed E-state index contributed by atoms with van der Waals surface area (Å²) in [6.07, 6.45) is -0.864. The van der Waals surface area contributed by atoms with Crippen LogP contribution in [0.4, 0.5) is 0 Å². The average molecular weight is 285 g/mol. The van der Waals surface area contributed by atoms with E-state index in [0.717, 1.165) is 0 Å². The molecule has 5 unspecified atom stereocenters. The first kappa shape index (κ1) is 15.9. The van der Waals surface area contributed by atoms with Gasteiger partial charge in [0.05, 0.1) is 0 Å². The Kier molecular flexibility index (Phi) is 5.89. The number of hydrogen-bond acceptors (Lipinski definition) is 11. The molecular weight excluding hydrogens is 274 g/mol. The van der Waals surface area contributed by atoms with E-state index < -0.39 is 30.8 Å². The predicted molar refractivity (Wildman–Crippen MR) is 59.8 cm³/mol. The first-order valence-corrected chi connectivity index (χ1v) is 5.29. The van der Waals surface area contributed by atoms with E-state index in [4.69, 9.17) is 29.6 Å². The van der Waals surface area contributed by atoms with Gasteiger partial charge in [-0.25, -0.2) is 4.84 Å². The van der Waals surface area contributed by atoms with Crippen molar-refractivity contribution in [2.45, 2.75) is 30.8 Å². The Hall–Kier alpha value is -2.18. The number of hydroxylamine groups is 2. The molecule has 0 aliphatic carbocycles. The fourth-order valence-electron chi connectivity index (χ4n) is 1.74. The number of rotatable bonds is 6. The van der Waals surface area contributed by atoms with Gasteiger partial charge < -0.3 is 14.2 Å². The van der Waals surface area contributed by atoms with Gasteiger partial charge in [0.25, 0.3) is 0 Å². The molecule has 20 heavy (non-hydrogen) atoms. The normalized spacial score (nSPS) is 32.7. The zero-order valence-electron chi connectivity index (χ0n) is 10.6. The fraction of sp³-hybridized carbons (Fsp3) is 0.778. The topological polar surface area (TPSA) is 147 Å². The Morgan fingerprint density at radius 3 is 2.05 bits per heavy atom. The van der Waals surface area contributed by atoms with Crippen LogP contribution in [-0.4, -0.2) is 50.1 Å². The highest BCUT2D eigenvalue weighted by Gasteiger charge is 2.50. The quantitative estimate of drug-likeness (QED) is 0.280. The Balaban J connectivity index is 3.00. The summed E-state index contributed by atoms with van der Waals surface area (Å²) in [4.78, 5) is 26.6. The van der Waals surface area contributed by atoms with Crippen molar-refractivity contribution in [3.05, 3.63) is 9.81 Å². The molecule has 1 saturated heterocycles.